The first-order chi connectivity index (χ1) is 13.2. The maximum atomic E-state index is 12.3. The number of unbranched alkanes of at least 4 members (excludes halogenated alkanes) is 4. The van der Waals surface area contributed by atoms with Crippen LogP contribution in [-0.2, 0) is 4.79 Å². The normalized spacial score (nSPS) is 10.0. The van der Waals surface area contributed by atoms with E-state index in [-0.39, 0.29) is 11.5 Å². The van der Waals surface area contributed by atoms with Crippen LogP contribution in [0.2, 0.25) is 0 Å². The van der Waals surface area contributed by atoms with Gasteiger partial charge in [0.15, 0.2) is 0 Å². The average molecular weight is 378 g/mol. The second kappa shape index (κ2) is 11.1. The number of hydrogen-bond acceptors (Lipinski definition) is 4. The molecule has 2 rings (SSSR count). The van der Waals surface area contributed by atoms with Crippen molar-refractivity contribution in [3.63, 3.8) is 0 Å². The van der Waals surface area contributed by atoms with E-state index in [2.05, 4.69) is 18.3 Å². The summed E-state index contributed by atoms with van der Waals surface area (Å²) in [6.45, 7) is 2.16. The van der Waals surface area contributed by atoms with Gasteiger partial charge in [0.25, 0.3) is 0 Å². The lowest BCUT2D eigenvalue weighted by molar-refractivity contribution is -0.116. The van der Waals surface area contributed by atoms with Gasteiger partial charge in [0.2, 0.25) is 5.91 Å². The van der Waals surface area contributed by atoms with Crippen molar-refractivity contribution in [1.29, 1.82) is 10.5 Å². The molecule has 138 valence electrons. The van der Waals surface area contributed by atoms with Crippen molar-refractivity contribution in [2.75, 3.05) is 5.32 Å². The number of nitrogens with zero attached hydrogens (tertiary/aromatic N) is 2. The van der Waals surface area contributed by atoms with Gasteiger partial charge in [-0.2, -0.15) is 10.5 Å². The third-order valence-corrected chi connectivity index (χ3v) is 5.18. The minimum absolute atomic E-state index is 0.0602. The number of benzene rings is 2. The summed E-state index contributed by atoms with van der Waals surface area (Å²) >= 11 is 1.46. The number of rotatable bonds is 9. The Morgan fingerprint density at radius 2 is 1.67 bits per heavy atom. The smallest absolute Gasteiger partial charge is 0.224 e. The lowest BCUT2D eigenvalue weighted by Crippen LogP contribution is -2.12. The fourth-order valence-corrected chi connectivity index (χ4v) is 3.61. The van der Waals surface area contributed by atoms with Gasteiger partial charge in [0, 0.05) is 16.2 Å². The van der Waals surface area contributed by atoms with E-state index in [9.17, 15) is 15.3 Å². The predicted octanol–water partition coefficient (Wildman–Crippen LogP) is 5.88. The van der Waals surface area contributed by atoms with E-state index >= 15 is 0 Å². The van der Waals surface area contributed by atoms with Crippen molar-refractivity contribution >= 4 is 23.4 Å². The zero-order valence-electron chi connectivity index (χ0n) is 15.5. The molecule has 1 amide bonds. The number of hydrogen-bond donors (Lipinski definition) is 1. The van der Waals surface area contributed by atoms with Crippen LogP contribution in [0.25, 0.3) is 0 Å². The fraction of sp³-hybridized carbons (Fsp3) is 0.318. The molecule has 0 unspecified atom stereocenters. The Hall–Kier alpha value is -2.76. The van der Waals surface area contributed by atoms with Crippen LogP contribution in [0.3, 0.4) is 0 Å². The van der Waals surface area contributed by atoms with Crippen molar-refractivity contribution < 1.29 is 4.79 Å². The van der Waals surface area contributed by atoms with Crippen molar-refractivity contribution in [2.45, 2.75) is 55.2 Å². The van der Waals surface area contributed by atoms with Crippen LogP contribution in [0.15, 0.2) is 52.3 Å². The molecule has 1 N–H and O–H groups in total. The summed E-state index contributed by atoms with van der Waals surface area (Å²) in [5, 5.41) is 21.5. The molecule has 2 aromatic rings. The molecular formula is C22H23N3OS. The number of anilines is 1. The van der Waals surface area contributed by atoms with Crippen molar-refractivity contribution in [3.8, 4) is 12.1 Å². The van der Waals surface area contributed by atoms with Crippen LogP contribution in [0, 0.1) is 22.7 Å². The second-order valence-corrected chi connectivity index (χ2v) is 7.36. The Kier molecular flexibility index (Phi) is 8.42. The van der Waals surface area contributed by atoms with Gasteiger partial charge in [-0.25, -0.2) is 0 Å². The molecule has 0 saturated heterocycles. The zero-order chi connectivity index (χ0) is 19.5. The van der Waals surface area contributed by atoms with Crippen LogP contribution in [0.1, 0.15) is 56.6 Å². The van der Waals surface area contributed by atoms with Crippen LogP contribution < -0.4 is 5.32 Å². The molecule has 27 heavy (non-hydrogen) atoms. The quantitative estimate of drug-likeness (QED) is 0.554. The summed E-state index contributed by atoms with van der Waals surface area (Å²) in [6, 6.07) is 17.1. The number of carbonyl (C=O) groups excluding carboxylic acids is 1. The average Bonchev–Trinajstić information content (AvgIpc) is 2.69. The van der Waals surface area contributed by atoms with Gasteiger partial charge >= 0.3 is 0 Å². The second-order valence-electron chi connectivity index (χ2n) is 6.25. The third-order valence-electron chi connectivity index (χ3n) is 4.11. The Labute approximate surface area is 165 Å². The number of nitriles is 2. The molecule has 5 heteroatoms. The first-order valence-corrected chi connectivity index (χ1v) is 10.0. The Bertz CT molecular complexity index is 850. The zero-order valence-corrected chi connectivity index (χ0v) is 16.3. The maximum Gasteiger partial charge on any atom is 0.224 e. The first kappa shape index (κ1) is 20.6. The Balaban J connectivity index is 2.16. The van der Waals surface area contributed by atoms with Gasteiger partial charge in [0.05, 0.1) is 16.8 Å². The Morgan fingerprint density at radius 3 is 2.33 bits per heavy atom. The van der Waals surface area contributed by atoms with E-state index in [1.165, 1.54) is 24.6 Å². The largest absolute Gasteiger partial charge is 0.325 e. The topological polar surface area (TPSA) is 76.7 Å². The monoisotopic (exact) mass is 377 g/mol. The van der Waals surface area contributed by atoms with Crippen molar-refractivity contribution in [3.05, 3.63) is 53.6 Å². The summed E-state index contributed by atoms with van der Waals surface area (Å²) in [5.41, 5.74) is 1.17. The summed E-state index contributed by atoms with van der Waals surface area (Å²) in [6.07, 6.45) is 5.88. The van der Waals surface area contributed by atoms with Crippen LogP contribution in [-0.4, -0.2) is 5.91 Å². The van der Waals surface area contributed by atoms with Gasteiger partial charge in [-0.15, -0.1) is 0 Å². The van der Waals surface area contributed by atoms with E-state index in [1.807, 2.05) is 36.4 Å². The van der Waals surface area contributed by atoms with Crippen LogP contribution in [0.5, 0.6) is 0 Å². The fourth-order valence-electron chi connectivity index (χ4n) is 2.66. The summed E-state index contributed by atoms with van der Waals surface area (Å²) in [7, 11) is 0. The van der Waals surface area contributed by atoms with Gasteiger partial charge in [-0.3, -0.25) is 4.79 Å². The maximum absolute atomic E-state index is 12.3. The minimum Gasteiger partial charge on any atom is -0.325 e. The molecule has 0 heterocycles. The van der Waals surface area contributed by atoms with E-state index < -0.39 is 0 Å². The van der Waals surface area contributed by atoms with Crippen LogP contribution in [0.4, 0.5) is 5.69 Å². The molecular weight excluding hydrogens is 354 g/mol. The molecule has 0 bridgehead atoms. The van der Waals surface area contributed by atoms with E-state index in [4.69, 9.17) is 0 Å². The lowest BCUT2D eigenvalue weighted by Gasteiger charge is -2.12. The molecule has 0 aromatic heterocycles. The molecule has 0 saturated carbocycles. The van der Waals surface area contributed by atoms with Crippen LogP contribution >= 0.6 is 11.8 Å². The highest BCUT2D eigenvalue weighted by atomic mass is 32.2. The van der Waals surface area contributed by atoms with Gasteiger partial charge in [-0.05, 0) is 30.7 Å². The first-order valence-electron chi connectivity index (χ1n) is 9.19. The molecule has 2 aromatic carbocycles. The molecule has 0 radical (unpaired) electrons. The van der Waals surface area contributed by atoms with E-state index in [1.54, 1.807) is 12.1 Å². The van der Waals surface area contributed by atoms with E-state index in [0.717, 1.165) is 29.1 Å². The SMILES string of the molecule is CCCCCCCC(=O)Nc1cc(C#N)c(C#N)cc1Sc1ccccc1. The number of carbonyl (C=O) groups is 1. The van der Waals surface area contributed by atoms with Gasteiger partial charge < -0.3 is 5.32 Å². The number of amides is 1. The van der Waals surface area contributed by atoms with Crippen molar-refractivity contribution in [1.82, 2.24) is 0 Å². The lowest BCUT2D eigenvalue weighted by atomic mass is 10.1. The Morgan fingerprint density at radius 1 is 1.00 bits per heavy atom. The summed E-state index contributed by atoms with van der Waals surface area (Å²) in [5.74, 6) is -0.0602. The molecule has 4 nitrogen and oxygen atoms in total. The summed E-state index contributed by atoms with van der Waals surface area (Å²) in [4.78, 5) is 14.1. The highest BCUT2D eigenvalue weighted by Crippen LogP contribution is 2.35. The number of nitrogens with one attached hydrogen (secondary N) is 1. The van der Waals surface area contributed by atoms with Gasteiger partial charge in [-0.1, -0.05) is 62.6 Å². The third kappa shape index (κ3) is 6.47. The molecule has 0 spiro atoms. The minimum atomic E-state index is -0.0602. The summed E-state index contributed by atoms with van der Waals surface area (Å²) < 4.78 is 0. The van der Waals surface area contributed by atoms with Gasteiger partial charge in [0.1, 0.15) is 12.1 Å². The molecule has 0 aliphatic heterocycles. The molecule has 0 atom stereocenters. The molecule has 0 aliphatic carbocycles. The predicted molar refractivity (Wildman–Crippen MR) is 108 cm³/mol. The molecule has 0 fully saturated rings. The molecule has 0 aliphatic rings. The van der Waals surface area contributed by atoms with Crippen molar-refractivity contribution in [2.24, 2.45) is 0 Å². The van der Waals surface area contributed by atoms with E-state index in [0.29, 0.717) is 17.7 Å². The highest BCUT2D eigenvalue weighted by Gasteiger charge is 2.13. The standard InChI is InChI=1S/C22H23N3OS/c1-2-3-4-5-9-12-22(26)25-20-13-17(15-23)18(16-24)14-21(20)27-19-10-7-6-8-11-19/h6-8,10-11,13-14H,2-5,9,12H2,1H3,(H,25,26). The highest BCUT2D eigenvalue weighted by molar-refractivity contribution is 7.99.